The van der Waals surface area contributed by atoms with E-state index < -0.39 is 4.92 Å². The first-order chi connectivity index (χ1) is 10.7. The number of nitrogens with one attached hydrogen (secondary N) is 1. The molecule has 0 saturated heterocycles. The molecule has 0 aliphatic carbocycles. The molecule has 1 heterocycles. The first kappa shape index (κ1) is 14.1. The van der Waals surface area contributed by atoms with Gasteiger partial charge in [-0.1, -0.05) is 36.4 Å². The molecule has 0 aliphatic heterocycles. The van der Waals surface area contributed by atoms with Crippen molar-refractivity contribution in [1.82, 2.24) is 9.55 Å². The smallest absolute Gasteiger partial charge is 0.342 e. The fraction of sp³-hybridized carbons (Fsp3) is 0.188. The molecule has 0 radical (unpaired) electrons. The number of hydrogen-bond donors (Lipinski definition) is 1. The van der Waals surface area contributed by atoms with Crippen LogP contribution < -0.4 is 5.32 Å². The van der Waals surface area contributed by atoms with Crippen LogP contribution in [-0.2, 0) is 6.54 Å². The maximum absolute atomic E-state index is 11.0. The lowest BCUT2D eigenvalue weighted by Gasteiger charge is -2.09. The highest BCUT2D eigenvalue weighted by Gasteiger charge is 2.16. The van der Waals surface area contributed by atoms with E-state index in [0.717, 1.165) is 16.5 Å². The van der Waals surface area contributed by atoms with Gasteiger partial charge in [0.2, 0.25) is 0 Å². The van der Waals surface area contributed by atoms with Crippen LogP contribution in [0.4, 0.5) is 11.5 Å². The molecule has 112 valence electrons. The zero-order valence-corrected chi connectivity index (χ0v) is 12.2. The molecule has 0 spiro atoms. The average Bonchev–Trinajstić information content (AvgIpc) is 2.89. The second-order valence-electron chi connectivity index (χ2n) is 5.03. The first-order valence-electron chi connectivity index (χ1n) is 7.05. The minimum atomic E-state index is -0.405. The summed E-state index contributed by atoms with van der Waals surface area (Å²) in [6.07, 6.45) is 1.30. The topological polar surface area (TPSA) is 73.0 Å². The third-order valence-corrected chi connectivity index (χ3v) is 3.66. The number of fused-ring (bicyclic) bond motifs is 1. The number of aromatic nitrogens is 2. The van der Waals surface area contributed by atoms with Gasteiger partial charge in [-0.2, -0.15) is 0 Å². The number of benzene rings is 2. The fourth-order valence-electron chi connectivity index (χ4n) is 2.56. The van der Waals surface area contributed by atoms with Crippen LogP contribution in [0.2, 0.25) is 0 Å². The molecular weight excluding hydrogens is 280 g/mol. The predicted molar refractivity (Wildman–Crippen MR) is 86.1 cm³/mol. The van der Waals surface area contributed by atoms with Gasteiger partial charge in [0.05, 0.1) is 6.54 Å². The minimum Gasteiger partial charge on any atom is -0.381 e. The Labute approximate surface area is 127 Å². The third-order valence-electron chi connectivity index (χ3n) is 3.66. The average molecular weight is 296 g/mol. The van der Waals surface area contributed by atoms with Crippen LogP contribution in [0.1, 0.15) is 5.82 Å². The van der Waals surface area contributed by atoms with E-state index in [2.05, 4.69) is 28.5 Å². The Morgan fingerprint density at radius 1 is 1.23 bits per heavy atom. The number of imidazole rings is 1. The molecule has 3 rings (SSSR count). The molecule has 2 aromatic carbocycles. The van der Waals surface area contributed by atoms with Crippen LogP contribution in [0.15, 0.2) is 48.7 Å². The Balaban J connectivity index is 1.76. The van der Waals surface area contributed by atoms with Gasteiger partial charge in [0.15, 0.2) is 5.82 Å². The van der Waals surface area contributed by atoms with Crippen molar-refractivity contribution < 1.29 is 4.92 Å². The standard InChI is InChI=1S/C16H16N4O2/c1-12-18-11-16(20(21)22)19(12)10-9-17-15-8-4-6-13-5-2-3-7-14(13)15/h2-8,11,17H,9-10H2,1H3. The van der Waals surface area contributed by atoms with E-state index in [0.29, 0.717) is 18.9 Å². The largest absolute Gasteiger partial charge is 0.381 e. The van der Waals surface area contributed by atoms with Crippen molar-refractivity contribution in [2.45, 2.75) is 13.5 Å². The summed E-state index contributed by atoms with van der Waals surface area (Å²) in [7, 11) is 0. The molecule has 6 nitrogen and oxygen atoms in total. The predicted octanol–water partition coefficient (Wildman–Crippen LogP) is 3.37. The van der Waals surface area contributed by atoms with Crippen molar-refractivity contribution in [2.24, 2.45) is 0 Å². The highest BCUT2D eigenvalue weighted by Crippen LogP contribution is 2.23. The lowest BCUT2D eigenvalue weighted by molar-refractivity contribution is -0.392. The van der Waals surface area contributed by atoms with Crippen LogP contribution in [0.3, 0.4) is 0 Å². The van der Waals surface area contributed by atoms with E-state index >= 15 is 0 Å². The quantitative estimate of drug-likeness (QED) is 0.578. The molecular formula is C16H16N4O2. The molecule has 22 heavy (non-hydrogen) atoms. The van der Waals surface area contributed by atoms with Gasteiger partial charge in [0.1, 0.15) is 12.7 Å². The monoisotopic (exact) mass is 296 g/mol. The number of nitrogens with zero attached hydrogens (tertiary/aromatic N) is 3. The van der Waals surface area contributed by atoms with Gasteiger partial charge in [-0.3, -0.25) is 0 Å². The molecule has 0 saturated carbocycles. The zero-order chi connectivity index (χ0) is 15.5. The molecule has 1 aromatic heterocycles. The Hall–Kier alpha value is -2.89. The van der Waals surface area contributed by atoms with Crippen molar-refractivity contribution >= 4 is 22.3 Å². The maximum atomic E-state index is 11.0. The van der Waals surface area contributed by atoms with Gasteiger partial charge in [0, 0.05) is 18.0 Å². The van der Waals surface area contributed by atoms with E-state index in [1.807, 2.05) is 24.3 Å². The van der Waals surface area contributed by atoms with Gasteiger partial charge < -0.3 is 15.4 Å². The van der Waals surface area contributed by atoms with E-state index in [1.54, 1.807) is 11.5 Å². The van der Waals surface area contributed by atoms with Gasteiger partial charge >= 0.3 is 5.82 Å². The molecule has 0 fully saturated rings. The van der Waals surface area contributed by atoms with Crippen LogP contribution in [-0.4, -0.2) is 21.0 Å². The van der Waals surface area contributed by atoms with E-state index in [9.17, 15) is 10.1 Å². The Bertz CT molecular complexity index is 821. The van der Waals surface area contributed by atoms with E-state index in [4.69, 9.17) is 0 Å². The summed E-state index contributed by atoms with van der Waals surface area (Å²) in [6.45, 7) is 2.85. The van der Waals surface area contributed by atoms with Crippen molar-refractivity contribution in [2.75, 3.05) is 11.9 Å². The molecule has 0 unspecified atom stereocenters. The van der Waals surface area contributed by atoms with Crippen LogP contribution >= 0.6 is 0 Å². The summed E-state index contributed by atoms with van der Waals surface area (Å²) in [5, 5.41) is 16.6. The van der Waals surface area contributed by atoms with Crippen LogP contribution in [0, 0.1) is 17.0 Å². The van der Waals surface area contributed by atoms with Crippen molar-refractivity contribution in [3.8, 4) is 0 Å². The van der Waals surface area contributed by atoms with E-state index in [1.165, 1.54) is 6.20 Å². The second-order valence-corrected chi connectivity index (χ2v) is 5.03. The summed E-state index contributed by atoms with van der Waals surface area (Å²) in [4.78, 5) is 14.6. The third kappa shape index (κ3) is 2.63. The molecule has 0 bridgehead atoms. The molecule has 0 atom stereocenters. The van der Waals surface area contributed by atoms with Crippen molar-refractivity contribution in [3.63, 3.8) is 0 Å². The number of hydrogen-bond acceptors (Lipinski definition) is 4. The Morgan fingerprint density at radius 2 is 2.00 bits per heavy atom. The number of aryl methyl sites for hydroxylation is 1. The second kappa shape index (κ2) is 5.85. The Kier molecular flexibility index (Phi) is 3.74. The van der Waals surface area contributed by atoms with Gasteiger partial charge in [-0.25, -0.2) is 9.55 Å². The van der Waals surface area contributed by atoms with Gasteiger partial charge in [-0.05, 0) is 16.4 Å². The fourth-order valence-corrected chi connectivity index (χ4v) is 2.56. The molecule has 3 aromatic rings. The molecule has 6 heteroatoms. The number of anilines is 1. The Morgan fingerprint density at radius 3 is 2.82 bits per heavy atom. The SMILES string of the molecule is Cc1ncc([N+](=O)[O-])n1CCNc1cccc2ccccc12. The number of nitro groups is 1. The molecule has 0 aliphatic rings. The van der Waals surface area contributed by atoms with Crippen LogP contribution in [0.25, 0.3) is 10.8 Å². The van der Waals surface area contributed by atoms with Gasteiger partial charge in [0.25, 0.3) is 0 Å². The normalized spacial score (nSPS) is 10.8. The summed E-state index contributed by atoms with van der Waals surface area (Å²) < 4.78 is 1.61. The first-order valence-corrected chi connectivity index (χ1v) is 7.05. The lowest BCUT2D eigenvalue weighted by Crippen LogP contribution is -2.13. The summed E-state index contributed by atoms with van der Waals surface area (Å²) in [5.41, 5.74) is 1.03. The lowest BCUT2D eigenvalue weighted by atomic mass is 10.1. The highest BCUT2D eigenvalue weighted by molar-refractivity contribution is 5.93. The summed E-state index contributed by atoms with van der Waals surface area (Å²) in [6, 6.07) is 14.2. The maximum Gasteiger partial charge on any atom is 0.342 e. The van der Waals surface area contributed by atoms with E-state index in [-0.39, 0.29) is 5.82 Å². The molecule has 1 N–H and O–H groups in total. The summed E-state index contributed by atoms with van der Waals surface area (Å²) >= 11 is 0. The van der Waals surface area contributed by atoms with Crippen molar-refractivity contribution in [1.29, 1.82) is 0 Å². The summed E-state index contributed by atoms with van der Waals surface area (Å²) in [5.74, 6) is 0.670. The van der Waals surface area contributed by atoms with Crippen LogP contribution in [0.5, 0.6) is 0 Å². The minimum absolute atomic E-state index is 0.0252. The number of rotatable bonds is 5. The molecule has 0 amide bonds. The van der Waals surface area contributed by atoms with Crippen molar-refractivity contribution in [3.05, 3.63) is 64.6 Å². The van der Waals surface area contributed by atoms with Gasteiger partial charge in [-0.15, -0.1) is 0 Å². The highest BCUT2D eigenvalue weighted by atomic mass is 16.6. The zero-order valence-electron chi connectivity index (χ0n) is 12.2.